The fourth-order valence-corrected chi connectivity index (χ4v) is 2.20. The Kier molecular flexibility index (Phi) is 4.64. The summed E-state index contributed by atoms with van der Waals surface area (Å²) in [5.74, 6) is -1.41. The van der Waals surface area contributed by atoms with Crippen LogP contribution in [0.1, 0.15) is 23.2 Å². The van der Waals surface area contributed by atoms with E-state index in [-0.39, 0.29) is 22.2 Å². The number of nitrogens with one attached hydrogen (secondary N) is 3. The molecular weight excluding hydrogens is 298 g/mol. The number of urea groups is 1. The molecule has 1 atom stereocenters. The Balaban J connectivity index is 2.01. The molecular formula is C13H14ClN3O4. The summed E-state index contributed by atoms with van der Waals surface area (Å²) in [6, 6.07) is 2.97. The lowest BCUT2D eigenvalue weighted by Crippen LogP contribution is -2.51. The van der Waals surface area contributed by atoms with Crippen molar-refractivity contribution in [3.63, 3.8) is 0 Å². The van der Waals surface area contributed by atoms with Gasteiger partial charge in [-0.05, 0) is 31.0 Å². The van der Waals surface area contributed by atoms with Gasteiger partial charge in [0.2, 0.25) is 5.91 Å². The molecule has 1 aromatic carbocycles. The first kappa shape index (κ1) is 15.1. The third-order valence-electron chi connectivity index (χ3n) is 3.05. The number of piperidine rings is 1. The minimum absolute atomic E-state index is 0.0834. The highest BCUT2D eigenvalue weighted by Crippen LogP contribution is 2.20. The van der Waals surface area contributed by atoms with E-state index >= 15 is 0 Å². The average Bonchev–Trinajstić information content (AvgIpc) is 2.43. The van der Waals surface area contributed by atoms with Crippen LogP contribution in [0.2, 0.25) is 5.02 Å². The highest BCUT2D eigenvalue weighted by molar-refractivity contribution is 6.33. The lowest BCUT2D eigenvalue weighted by atomic mass is 10.1. The molecule has 21 heavy (non-hydrogen) atoms. The minimum Gasteiger partial charge on any atom is -0.478 e. The van der Waals surface area contributed by atoms with Gasteiger partial charge < -0.3 is 21.1 Å². The molecule has 1 aromatic rings. The number of hydrogen-bond donors (Lipinski definition) is 4. The zero-order valence-corrected chi connectivity index (χ0v) is 11.7. The van der Waals surface area contributed by atoms with Crippen molar-refractivity contribution < 1.29 is 19.5 Å². The van der Waals surface area contributed by atoms with Crippen molar-refractivity contribution in [3.05, 3.63) is 28.8 Å². The first-order chi connectivity index (χ1) is 9.97. The van der Waals surface area contributed by atoms with Gasteiger partial charge in [0.25, 0.3) is 0 Å². The largest absolute Gasteiger partial charge is 0.478 e. The maximum absolute atomic E-state index is 11.8. The van der Waals surface area contributed by atoms with E-state index in [1.165, 1.54) is 18.2 Å². The highest BCUT2D eigenvalue weighted by atomic mass is 35.5. The van der Waals surface area contributed by atoms with E-state index < -0.39 is 18.0 Å². The summed E-state index contributed by atoms with van der Waals surface area (Å²) in [6.07, 6.45) is 1.36. The van der Waals surface area contributed by atoms with Crippen molar-refractivity contribution in [2.45, 2.75) is 18.9 Å². The Labute approximate surface area is 125 Å². The van der Waals surface area contributed by atoms with Gasteiger partial charge in [0.1, 0.15) is 6.04 Å². The summed E-state index contributed by atoms with van der Waals surface area (Å²) >= 11 is 5.74. The molecule has 0 spiro atoms. The van der Waals surface area contributed by atoms with Crippen LogP contribution < -0.4 is 16.0 Å². The SMILES string of the molecule is O=C(Nc1ccc(Cl)c(C(=O)O)c1)NC1CCCNC1=O. The molecule has 0 radical (unpaired) electrons. The molecule has 1 unspecified atom stereocenters. The number of aromatic carboxylic acids is 1. The summed E-state index contributed by atoms with van der Waals surface area (Å²) in [5, 5.41) is 16.7. The number of carbonyl (C=O) groups is 3. The number of carboxylic acids is 1. The van der Waals surface area contributed by atoms with E-state index in [0.717, 1.165) is 6.42 Å². The number of rotatable bonds is 3. The van der Waals surface area contributed by atoms with Gasteiger partial charge in [-0.25, -0.2) is 9.59 Å². The molecule has 1 aliphatic rings. The fourth-order valence-electron chi connectivity index (χ4n) is 2.00. The maximum atomic E-state index is 11.8. The topological polar surface area (TPSA) is 108 Å². The highest BCUT2D eigenvalue weighted by Gasteiger charge is 2.23. The molecule has 112 valence electrons. The number of benzene rings is 1. The summed E-state index contributed by atoms with van der Waals surface area (Å²) in [5.41, 5.74) is 0.176. The molecule has 0 saturated carbocycles. The van der Waals surface area contributed by atoms with E-state index in [0.29, 0.717) is 13.0 Å². The van der Waals surface area contributed by atoms with E-state index in [4.69, 9.17) is 16.7 Å². The number of halogens is 1. The Bertz CT molecular complexity index is 591. The lowest BCUT2D eigenvalue weighted by Gasteiger charge is -2.22. The Hall–Kier alpha value is -2.28. The van der Waals surface area contributed by atoms with Crippen molar-refractivity contribution in [1.29, 1.82) is 0 Å². The van der Waals surface area contributed by atoms with Gasteiger partial charge in [-0.15, -0.1) is 0 Å². The summed E-state index contributed by atoms with van der Waals surface area (Å²) in [6.45, 7) is 0.609. The van der Waals surface area contributed by atoms with Gasteiger partial charge in [-0.3, -0.25) is 4.79 Å². The number of carbonyl (C=O) groups excluding carboxylic acids is 2. The fraction of sp³-hybridized carbons (Fsp3) is 0.308. The normalized spacial score (nSPS) is 17.8. The van der Waals surface area contributed by atoms with Gasteiger partial charge in [0.15, 0.2) is 0 Å². The van der Waals surface area contributed by atoms with Crippen LogP contribution in [0, 0.1) is 0 Å². The summed E-state index contributed by atoms with van der Waals surface area (Å²) < 4.78 is 0. The van der Waals surface area contributed by atoms with Crippen LogP contribution in [0.25, 0.3) is 0 Å². The van der Waals surface area contributed by atoms with E-state index in [1.807, 2.05) is 0 Å². The van der Waals surface area contributed by atoms with Crippen LogP contribution in [-0.4, -0.2) is 35.6 Å². The standard InChI is InChI=1S/C13H14ClN3O4/c14-9-4-3-7(6-8(9)12(19)20)16-13(21)17-10-2-1-5-15-11(10)18/h3-4,6,10H,1-2,5H2,(H,15,18)(H,19,20)(H2,16,17,21). The quantitative estimate of drug-likeness (QED) is 0.677. The van der Waals surface area contributed by atoms with Crippen LogP contribution in [-0.2, 0) is 4.79 Å². The first-order valence-corrected chi connectivity index (χ1v) is 6.73. The Morgan fingerprint density at radius 1 is 1.38 bits per heavy atom. The van der Waals surface area contributed by atoms with Crippen molar-refractivity contribution in [3.8, 4) is 0 Å². The molecule has 8 heteroatoms. The molecule has 0 aliphatic carbocycles. The molecule has 0 bridgehead atoms. The van der Waals surface area contributed by atoms with Crippen LogP contribution in [0.15, 0.2) is 18.2 Å². The number of carboxylic acid groups (broad SMARTS) is 1. The molecule has 0 aromatic heterocycles. The molecule has 2 rings (SSSR count). The second kappa shape index (κ2) is 6.45. The van der Waals surface area contributed by atoms with Crippen LogP contribution in [0.3, 0.4) is 0 Å². The third-order valence-corrected chi connectivity index (χ3v) is 3.37. The molecule has 1 saturated heterocycles. The third kappa shape index (κ3) is 3.85. The smallest absolute Gasteiger partial charge is 0.337 e. The summed E-state index contributed by atoms with van der Waals surface area (Å²) in [4.78, 5) is 34.3. The van der Waals surface area contributed by atoms with Crippen molar-refractivity contribution >= 4 is 35.2 Å². The minimum atomic E-state index is -1.18. The predicted molar refractivity (Wildman–Crippen MR) is 76.6 cm³/mol. The Morgan fingerprint density at radius 3 is 2.81 bits per heavy atom. The number of hydrogen-bond acceptors (Lipinski definition) is 3. The Morgan fingerprint density at radius 2 is 2.14 bits per heavy atom. The van der Waals surface area contributed by atoms with Gasteiger partial charge in [0.05, 0.1) is 10.6 Å². The van der Waals surface area contributed by atoms with Crippen molar-refractivity contribution in [2.24, 2.45) is 0 Å². The lowest BCUT2D eigenvalue weighted by molar-refractivity contribution is -0.124. The molecule has 1 fully saturated rings. The van der Waals surface area contributed by atoms with Crippen LogP contribution in [0.5, 0.6) is 0 Å². The van der Waals surface area contributed by atoms with Gasteiger partial charge in [-0.1, -0.05) is 11.6 Å². The number of anilines is 1. The molecule has 4 N–H and O–H groups in total. The monoisotopic (exact) mass is 311 g/mol. The first-order valence-electron chi connectivity index (χ1n) is 6.35. The van der Waals surface area contributed by atoms with Gasteiger partial charge >= 0.3 is 12.0 Å². The molecule has 7 nitrogen and oxygen atoms in total. The number of amides is 3. The van der Waals surface area contributed by atoms with Crippen molar-refractivity contribution in [2.75, 3.05) is 11.9 Å². The van der Waals surface area contributed by atoms with Crippen molar-refractivity contribution in [1.82, 2.24) is 10.6 Å². The van der Waals surface area contributed by atoms with Gasteiger partial charge in [-0.2, -0.15) is 0 Å². The maximum Gasteiger partial charge on any atom is 0.337 e. The molecule has 1 aliphatic heterocycles. The zero-order chi connectivity index (χ0) is 15.4. The van der Waals surface area contributed by atoms with E-state index in [9.17, 15) is 14.4 Å². The zero-order valence-electron chi connectivity index (χ0n) is 11.0. The second-order valence-electron chi connectivity index (χ2n) is 4.58. The summed E-state index contributed by atoms with van der Waals surface area (Å²) in [7, 11) is 0. The predicted octanol–water partition coefficient (Wildman–Crippen LogP) is 1.44. The molecule has 1 heterocycles. The van der Waals surface area contributed by atoms with Gasteiger partial charge in [0, 0.05) is 12.2 Å². The van der Waals surface area contributed by atoms with Crippen LogP contribution in [0.4, 0.5) is 10.5 Å². The average molecular weight is 312 g/mol. The van der Waals surface area contributed by atoms with E-state index in [1.54, 1.807) is 0 Å². The van der Waals surface area contributed by atoms with Crippen LogP contribution >= 0.6 is 11.6 Å². The second-order valence-corrected chi connectivity index (χ2v) is 4.99. The van der Waals surface area contributed by atoms with E-state index in [2.05, 4.69) is 16.0 Å². The molecule has 3 amide bonds.